The molecule has 4 nitrogen and oxygen atoms in total. The lowest BCUT2D eigenvalue weighted by molar-refractivity contribution is 0.328. The van der Waals surface area contributed by atoms with Crippen LogP contribution in [0.4, 0.5) is 0 Å². The third kappa shape index (κ3) is 3.84. The smallest absolute Gasteiger partial charge is 0.124 e. The number of nitrogens with one attached hydrogen (secondary N) is 1. The fraction of sp³-hybridized carbons (Fsp3) is 0.438. The Morgan fingerprint density at radius 3 is 2.85 bits per heavy atom. The Morgan fingerprint density at radius 2 is 2.15 bits per heavy atom. The number of para-hydroxylation sites is 1. The zero-order valence-electron chi connectivity index (χ0n) is 12.2. The van der Waals surface area contributed by atoms with Crippen LogP contribution < -0.4 is 10.1 Å². The molecule has 1 aromatic carbocycles. The van der Waals surface area contributed by atoms with E-state index in [0.717, 1.165) is 25.3 Å². The lowest BCUT2D eigenvalue weighted by Crippen LogP contribution is -2.26. The fourth-order valence-corrected chi connectivity index (χ4v) is 2.25. The van der Waals surface area contributed by atoms with Crippen LogP contribution in [0, 0.1) is 0 Å². The monoisotopic (exact) mass is 273 g/mol. The van der Waals surface area contributed by atoms with Gasteiger partial charge in [-0.1, -0.05) is 25.1 Å². The van der Waals surface area contributed by atoms with Gasteiger partial charge in [0, 0.05) is 24.5 Å². The van der Waals surface area contributed by atoms with E-state index in [1.165, 1.54) is 5.56 Å². The molecule has 20 heavy (non-hydrogen) atoms. The second-order valence-electron chi connectivity index (χ2n) is 4.74. The molecule has 1 unspecified atom stereocenters. The van der Waals surface area contributed by atoms with Gasteiger partial charge in [-0.05, 0) is 26.0 Å². The molecule has 1 aromatic heterocycles. The first-order valence-corrected chi connectivity index (χ1v) is 7.26. The third-order valence-corrected chi connectivity index (χ3v) is 3.19. The van der Waals surface area contributed by atoms with E-state index in [0.29, 0.717) is 6.61 Å². The summed E-state index contributed by atoms with van der Waals surface area (Å²) >= 11 is 0. The van der Waals surface area contributed by atoms with E-state index in [1.807, 2.05) is 37.8 Å². The first kappa shape index (κ1) is 14.6. The van der Waals surface area contributed by atoms with E-state index in [-0.39, 0.29) is 6.04 Å². The quantitative estimate of drug-likeness (QED) is 0.803. The van der Waals surface area contributed by atoms with Crippen LogP contribution in [0.25, 0.3) is 0 Å². The van der Waals surface area contributed by atoms with Gasteiger partial charge in [0.25, 0.3) is 0 Å². The van der Waals surface area contributed by atoms with Gasteiger partial charge in [0.1, 0.15) is 5.75 Å². The van der Waals surface area contributed by atoms with Crippen molar-refractivity contribution < 1.29 is 4.74 Å². The Labute approximate surface area is 120 Å². The van der Waals surface area contributed by atoms with Gasteiger partial charge in [-0.25, -0.2) is 4.98 Å². The highest BCUT2D eigenvalue weighted by Gasteiger charge is 2.15. The summed E-state index contributed by atoms with van der Waals surface area (Å²) in [7, 11) is 0. The minimum absolute atomic E-state index is 0.229. The van der Waals surface area contributed by atoms with E-state index in [2.05, 4.69) is 33.9 Å². The van der Waals surface area contributed by atoms with Crippen LogP contribution in [0.3, 0.4) is 0 Å². The van der Waals surface area contributed by atoms with Crippen molar-refractivity contribution in [1.29, 1.82) is 0 Å². The molecule has 0 fully saturated rings. The minimum atomic E-state index is 0.229. The van der Waals surface area contributed by atoms with Crippen molar-refractivity contribution >= 4 is 0 Å². The highest BCUT2D eigenvalue weighted by Crippen LogP contribution is 2.26. The van der Waals surface area contributed by atoms with Gasteiger partial charge in [-0.15, -0.1) is 0 Å². The van der Waals surface area contributed by atoms with Crippen molar-refractivity contribution in [1.82, 2.24) is 14.9 Å². The zero-order chi connectivity index (χ0) is 14.2. The number of imidazole rings is 1. The second-order valence-corrected chi connectivity index (χ2v) is 4.74. The molecule has 1 heterocycles. The molecule has 108 valence electrons. The highest BCUT2D eigenvalue weighted by atomic mass is 16.5. The van der Waals surface area contributed by atoms with Crippen molar-refractivity contribution in [2.75, 3.05) is 13.2 Å². The maximum Gasteiger partial charge on any atom is 0.124 e. The van der Waals surface area contributed by atoms with Crippen LogP contribution in [0.2, 0.25) is 0 Å². The van der Waals surface area contributed by atoms with E-state index < -0.39 is 0 Å². The predicted octanol–water partition coefficient (Wildman–Crippen LogP) is 3.02. The SMILES string of the molecule is CCCNC(Cn1ccnc1)c1ccccc1OCC. The standard InChI is InChI=1S/C16H23N3O/c1-3-9-18-15(12-19-11-10-17-13-19)14-7-5-6-8-16(14)20-4-2/h5-8,10-11,13,15,18H,3-4,9,12H2,1-2H3. The summed E-state index contributed by atoms with van der Waals surface area (Å²) in [6.07, 6.45) is 6.76. The van der Waals surface area contributed by atoms with Crippen LogP contribution in [-0.2, 0) is 6.54 Å². The molecule has 1 atom stereocenters. The van der Waals surface area contributed by atoms with Crippen LogP contribution >= 0.6 is 0 Å². The largest absolute Gasteiger partial charge is 0.494 e. The molecule has 0 saturated heterocycles. The van der Waals surface area contributed by atoms with Gasteiger partial charge >= 0.3 is 0 Å². The van der Waals surface area contributed by atoms with Gasteiger partial charge < -0.3 is 14.6 Å². The predicted molar refractivity (Wildman–Crippen MR) is 80.9 cm³/mol. The number of benzene rings is 1. The summed E-state index contributed by atoms with van der Waals surface area (Å²) in [5.41, 5.74) is 1.21. The van der Waals surface area contributed by atoms with Crippen molar-refractivity contribution in [3.63, 3.8) is 0 Å². The Hall–Kier alpha value is -1.81. The van der Waals surface area contributed by atoms with Gasteiger partial charge in [0.15, 0.2) is 0 Å². The molecule has 1 N–H and O–H groups in total. The lowest BCUT2D eigenvalue weighted by Gasteiger charge is -2.22. The molecule has 0 aliphatic carbocycles. The molecule has 0 amide bonds. The minimum Gasteiger partial charge on any atom is -0.494 e. The first-order valence-electron chi connectivity index (χ1n) is 7.26. The molecule has 2 aromatic rings. The molecule has 0 bridgehead atoms. The summed E-state index contributed by atoms with van der Waals surface area (Å²) in [6, 6.07) is 8.48. The van der Waals surface area contributed by atoms with Gasteiger partial charge in [0.05, 0.1) is 19.0 Å². The number of hydrogen-bond acceptors (Lipinski definition) is 3. The highest BCUT2D eigenvalue weighted by molar-refractivity contribution is 5.36. The molecule has 2 rings (SSSR count). The second kappa shape index (κ2) is 7.70. The van der Waals surface area contributed by atoms with Crippen LogP contribution in [0.5, 0.6) is 5.75 Å². The Bertz CT molecular complexity index is 496. The topological polar surface area (TPSA) is 39.1 Å². The van der Waals surface area contributed by atoms with Crippen LogP contribution in [0.1, 0.15) is 31.9 Å². The van der Waals surface area contributed by atoms with Crippen molar-refractivity contribution in [2.45, 2.75) is 32.9 Å². The maximum atomic E-state index is 5.75. The lowest BCUT2D eigenvalue weighted by atomic mass is 10.1. The molecule has 0 saturated carbocycles. The number of aromatic nitrogens is 2. The molecule has 0 aliphatic heterocycles. The molecule has 4 heteroatoms. The summed E-state index contributed by atoms with van der Waals surface area (Å²) < 4.78 is 7.85. The fourth-order valence-electron chi connectivity index (χ4n) is 2.25. The number of rotatable bonds is 8. The molecule has 0 aliphatic rings. The average Bonchev–Trinajstić information content (AvgIpc) is 2.97. The van der Waals surface area contributed by atoms with Crippen LogP contribution in [-0.4, -0.2) is 22.7 Å². The summed E-state index contributed by atoms with van der Waals surface area (Å²) in [5, 5.41) is 3.59. The number of ether oxygens (including phenoxy) is 1. The van der Waals surface area contributed by atoms with E-state index in [1.54, 1.807) is 0 Å². The zero-order valence-corrected chi connectivity index (χ0v) is 12.2. The molecule has 0 radical (unpaired) electrons. The summed E-state index contributed by atoms with van der Waals surface area (Å²) in [6.45, 7) is 6.71. The Kier molecular flexibility index (Phi) is 5.62. The molecular weight excluding hydrogens is 250 g/mol. The third-order valence-electron chi connectivity index (χ3n) is 3.19. The van der Waals surface area contributed by atoms with Gasteiger partial charge in [-0.3, -0.25) is 0 Å². The molecule has 0 spiro atoms. The van der Waals surface area contributed by atoms with Gasteiger partial charge in [0.2, 0.25) is 0 Å². The normalized spacial score (nSPS) is 12.3. The number of nitrogens with zero attached hydrogens (tertiary/aromatic N) is 2. The molecular formula is C16H23N3O. The van der Waals surface area contributed by atoms with Crippen molar-refractivity contribution in [3.8, 4) is 5.75 Å². The maximum absolute atomic E-state index is 5.75. The number of hydrogen-bond donors (Lipinski definition) is 1. The van der Waals surface area contributed by atoms with E-state index in [4.69, 9.17) is 4.74 Å². The van der Waals surface area contributed by atoms with E-state index >= 15 is 0 Å². The van der Waals surface area contributed by atoms with Gasteiger partial charge in [-0.2, -0.15) is 0 Å². The summed E-state index contributed by atoms with van der Waals surface area (Å²) in [4.78, 5) is 4.11. The Balaban J connectivity index is 2.20. The van der Waals surface area contributed by atoms with Crippen molar-refractivity contribution in [3.05, 3.63) is 48.5 Å². The van der Waals surface area contributed by atoms with E-state index in [9.17, 15) is 0 Å². The van der Waals surface area contributed by atoms with Crippen LogP contribution in [0.15, 0.2) is 43.0 Å². The average molecular weight is 273 g/mol. The first-order chi connectivity index (χ1) is 9.85. The van der Waals surface area contributed by atoms with Crippen molar-refractivity contribution in [2.24, 2.45) is 0 Å². The Morgan fingerprint density at radius 1 is 1.30 bits per heavy atom. The summed E-state index contributed by atoms with van der Waals surface area (Å²) in [5.74, 6) is 0.962.